The van der Waals surface area contributed by atoms with E-state index in [1.807, 2.05) is 37.5 Å². The van der Waals surface area contributed by atoms with Gasteiger partial charge in [-0.3, -0.25) is 4.68 Å². The van der Waals surface area contributed by atoms with E-state index in [9.17, 15) is 0 Å². The first-order valence-corrected chi connectivity index (χ1v) is 6.25. The lowest BCUT2D eigenvalue weighted by Gasteiger charge is -2.12. The first kappa shape index (κ1) is 13.4. The molecule has 0 atom stereocenters. The normalized spacial score (nSPS) is 10.0. The molecule has 0 aliphatic rings. The van der Waals surface area contributed by atoms with E-state index < -0.39 is 0 Å². The minimum Gasteiger partial charge on any atom is -0.495 e. The standard InChI is InChI=1S/C13H16N4OS/c1-17-9-10(8-15-17)7-14-13(19)16-11-5-3-4-6-12(11)18-2/h3-6,8-9H,7H2,1-2H3,(H2,14,16,19). The minimum atomic E-state index is 0.549. The van der Waals surface area contributed by atoms with Crippen LogP contribution in [-0.2, 0) is 13.6 Å². The van der Waals surface area contributed by atoms with Gasteiger partial charge in [-0.1, -0.05) is 12.1 Å². The predicted molar refractivity (Wildman–Crippen MR) is 79.3 cm³/mol. The third-order valence-electron chi connectivity index (χ3n) is 2.57. The SMILES string of the molecule is COc1ccccc1NC(=S)NCc1cnn(C)c1. The van der Waals surface area contributed by atoms with E-state index >= 15 is 0 Å². The molecule has 0 aliphatic carbocycles. The Labute approximate surface area is 117 Å². The van der Waals surface area contributed by atoms with Gasteiger partial charge < -0.3 is 15.4 Å². The van der Waals surface area contributed by atoms with Crippen molar-refractivity contribution in [1.82, 2.24) is 15.1 Å². The van der Waals surface area contributed by atoms with Crippen molar-refractivity contribution >= 4 is 23.0 Å². The highest BCUT2D eigenvalue weighted by molar-refractivity contribution is 7.80. The highest BCUT2D eigenvalue weighted by Crippen LogP contribution is 2.22. The summed E-state index contributed by atoms with van der Waals surface area (Å²) in [5.74, 6) is 0.757. The summed E-state index contributed by atoms with van der Waals surface area (Å²) in [6, 6.07) is 7.63. The van der Waals surface area contributed by atoms with Crippen LogP contribution < -0.4 is 15.4 Å². The molecule has 1 aromatic carbocycles. The van der Waals surface area contributed by atoms with Gasteiger partial charge in [0.05, 0.1) is 19.0 Å². The lowest BCUT2D eigenvalue weighted by molar-refractivity contribution is 0.417. The molecule has 0 spiro atoms. The van der Waals surface area contributed by atoms with Crippen LogP contribution in [0.4, 0.5) is 5.69 Å². The lowest BCUT2D eigenvalue weighted by atomic mass is 10.3. The Morgan fingerprint density at radius 2 is 2.21 bits per heavy atom. The van der Waals surface area contributed by atoms with Crippen LogP contribution in [0.5, 0.6) is 5.75 Å². The maximum atomic E-state index is 5.25. The van der Waals surface area contributed by atoms with E-state index in [0.717, 1.165) is 17.0 Å². The monoisotopic (exact) mass is 276 g/mol. The molecular weight excluding hydrogens is 260 g/mol. The molecule has 6 heteroatoms. The van der Waals surface area contributed by atoms with Gasteiger partial charge in [0.25, 0.3) is 0 Å². The summed E-state index contributed by atoms with van der Waals surface area (Å²) in [7, 11) is 3.52. The van der Waals surface area contributed by atoms with Crippen molar-refractivity contribution in [2.75, 3.05) is 12.4 Å². The average Bonchev–Trinajstić information content (AvgIpc) is 2.83. The lowest BCUT2D eigenvalue weighted by Crippen LogP contribution is -2.27. The number of benzene rings is 1. The maximum absolute atomic E-state index is 5.25. The van der Waals surface area contributed by atoms with E-state index in [1.54, 1.807) is 18.0 Å². The van der Waals surface area contributed by atoms with Gasteiger partial charge in [-0.05, 0) is 24.4 Å². The van der Waals surface area contributed by atoms with Gasteiger partial charge in [0.2, 0.25) is 0 Å². The van der Waals surface area contributed by atoms with Crippen molar-refractivity contribution < 1.29 is 4.74 Å². The first-order valence-electron chi connectivity index (χ1n) is 5.84. The molecule has 0 fully saturated rings. The van der Waals surface area contributed by atoms with E-state index in [2.05, 4.69) is 15.7 Å². The van der Waals surface area contributed by atoms with Gasteiger partial charge >= 0.3 is 0 Å². The van der Waals surface area contributed by atoms with Crippen molar-refractivity contribution in [1.29, 1.82) is 0 Å². The summed E-state index contributed by atoms with van der Waals surface area (Å²) >= 11 is 5.24. The van der Waals surface area contributed by atoms with Crippen LogP contribution in [0.2, 0.25) is 0 Å². The van der Waals surface area contributed by atoms with E-state index in [-0.39, 0.29) is 0 Å². The summed E-state index contributed by atoms with van der Waals surface area (Å²) in [6.07, 6.45) is 3.75. The number of ether oxygens (including phenoxy) is 1. The molecule has 0 amide bonds. The Bertz CT molecular complexity index is 567. The van der Waals surface area contributed by atoms with Crippen molar-refractivity contribution in [2.24, 2.45) is 7.05 Å². The van der Waals surface area contributed by atoms with Crippen LogP contribution in [-0.4, -0.2) is 22.0 Å². The van der Waals surface area contributed by atoms with Gasteiger partial charge in [-0.2, -0.15) is 5.10 Å². The Morgan fingerprint density at radius 3 is 2.89 bits per heavy atom. The molecule has 1 aromatic heterocycles. The number of aromatic nitrogens is 2. The second-order valence-electron chi connectivity index (χ2n) is 4.03. The first-order chi connectivity index (χ1) is 9.19. The average molecular weight is 276 g/mol. The molecule has 0 radical (unpaired) electrons. The number of aryl methyl sites for hydroxylation is 1. The van der Waals surface area contributed by atoms with Crippen molar-refractivity contribution in [3.63, 3.8) is 0 Å². The van der Waals surface area contributed by atoms with Crippen LogP contribution in [0.15, 0.2) is 36.7 Å². The smallest absolute Gasteiger partial charge is 0.171 e. The van der Waals surface area contributed by atoms with Crippen LogP contribution in [0, 0.1) is 0 Å². The number of methoxy groups -OCH3 is 1. The van der Waals surface area contributed by atoms with Crippen molar-refractivity contribution in [3.8, 4) is 5.75 Å². The fourth-order valence-corrected chi connectivity index (χ4v) is 1.84. The van der Waals surface area contributed by atoms with Gasteiger partial charge in [0.1, 0.15) is 5.75 Å². The fraction of sp³-hybridized carbons (Fsp3) is 0.231. The van der Waals surface area contributed by atoms with Crippen molar-refractivity contribution in [3.05, 3.63) is 42.2 Å². The number of nitrogens with zero attached hydrogens (tertiary/aromatic N) is 2. The van der Waals surface area contributed by atoms with Crippen LogP contribution >= 0.6 is 12.2 Å². The molecule has 0 saturated carbocycles. The number of anilines is 1. The number of hydrogen-bond donors (Lipinski definition) is 2. The van der Waals surface area contributed by atoms with Crippen LogP contribution in [0.3, 0.4) is 0 Å². The molecular formula is C13H16N4OS. The Hall–Kier alpha value is -2.08. The minimum absolute atomic E-state index is 0.549. The predicted octanol–water partition coefficient (Wildman–Crippen LogP) is 1.92. The summed E-state index contributed by atoms with van der Waals surface area (Å²) in [5.41, 5.74) is 1.92. The van der Waals surface area contributed by atoms with E-state index in [0.29, 0.717) is 11.7 Å². The van der Waals surface area contributed by atoms with Crippen molar-refractivity contribution in [2.45, 2.75) is 6.54 Å². The Balaban J connectivity index is 1.90. The molecule has 19 heavy (non-hydrogen) atoms. The largest absolute Gasteiger partial charge is 0.495 e. The highest BCUT2D eigenvalue weighted by atomic mass is 32.1. The van der Waals surface area contributed by atoms with Gasteiger partial charge in [-0.15, -0.1) is 0 Å². The zero-order valence-electron chi connectivity index (χ0n) is 10.9. The number of nitrogens with one attached hydrogen (secondary N) is 2. The molecule has 2 aromatic rings. The van der Waals surface area contributed by atoms with E-state index in [1.165, 1.54) is 0 Å². The van der Waals surface area contributed by atoms with Gasteiger partial charge in [0.15, 0.2) is 5.11 Å². The molecule has 2 rings (SSSR count). The maximum Gasteiger partial charge on any atom is 0.171 e. The molecule has 0 saturated heterocycles. The zero-order valence-corrected chi connectivity index (χ0v) is 11.7. The molecule has 100 valence electrons. The third-order valence-corrected chi connectivity index (χ3v) is 2.81. The zero-order chi connectivity index (χ0) is 13.7. The molecule has 0 unspecified atom stereocenters. The highest BCUT2D eigenvalue weighted by Gasteiger charge is 2.04. The fourth-order valence-electron chi connectivity index (χ4n) is 1.66. The molecule has 2 N–H and O–H groups in total. The Kier molecular flexibility index (Phi) is 4.35. The summed E-state index contributed by atoms with van der Waals surface area (Å²) < 4.78 is 7.01. The second kappa shape index (κ2) is 6.19. The number of thiocarbonyl (C=S) groups is 1. The quantitative estimate of drug-likeness (QED) is 0.836. The summed E-state index contributed by atoms with van der Waals surface area (Å²) in [4.78, 5) is 0. The second-order valence-corrected chi connectivity index (χ2v) is 4.44. The van der Waals surface area contributed by atoms with Crippen LogP contribution in [0.1, 0.15) is 5.56 Å². The van der Waals surface area contributed by atoms with Gasteiger partial charge in [0, 0.05) is 25.4 Å². The third kappa shape index (κ3) is 3.69. The molecule has 5 nitrogen and oxygen atoms in total. The number of para-hydroxylation sites is 2. The number of rotatable bonds is 4. The van der Waals surface area contributed by atoms with Crippen LogP contribution in [0.25, 0.3) is 0 Å². The summed E-state index contributed by atoms with van der Waals surface area (Å²) in [5, 5.41) is 10.9. The molecule has 0 bridgehead atoms. The Morgan fingerprint density at radius 1 is 1.42 bits per heavy atom. The van der Waals surface area contributed by atoms with Gasteiger partial charge in [-0.25, -0.2) is 0 Å². The molecule has 0 aliphatic heterocycles. The summed E-state index contributed by atoms with van der Waals surface area (Å²) in [6.45, 7) is 0.634. The number of hydrogen-bond acceptors (Lipinski definition) is 3. The van der Waals surface area contributed by atoms with E-state index in [4.69, 9.17) is 17.0 Å². The molecule has 1 heterocycles. The topological polar surface area (TPSA) is 51.1 Å².